The number of ether oxygens (including phenoxy) is 3. The van der Waals surface area contributed by atoms with E-state index >= 15 is 0 Å². The normalized spacial score (nSPS) is 11.0. The van der Waals surface area contributed by atoms with Crippen molar-refractivity contribution in [3.63, 3.8) is 0 Å². The van der Waals surface area contributed by atoms with Crippen molar-refractivity contribution in [3.8, 4) is 0 Å². The fourth-order valence-corrected chi connectivity index (χ4v) is 0.770. The molecule has 0 aromatic rings. The van der Waals surface area contributed by atoms with E-state index < -0.39 is 0 Å². The molecule has 4 nitrogen and oxygen atoms in total. The van der Waals surface area contributed by atoms with Gasteiger partial charge in [-0.05, 0) is 19.4 Å². The Labute approximate surface area is 85.5 Å². The summed E-state index contributed by atoms with van der Waals surface area (Å²) in [6.07, 6.45) is 4.46. The summed E-state index contributed by atoms with van der Waals surface area (Å²) in [5.41, 5.74) is 0. The van der Waals surface area contributed by atoms with Crippen LogP contribution >= 0.6 is 0 Å². The van der Waals surface area contributed by atoms with Crippen LogP contribution in [0.2, 0.25) is 0 Å². The molecule has 0 rings (SSSR count). The molecule has 0 atom stereocenters. The van der Waals surface area contributed by atoms with Gasteiger partial charge in [0.1, 0.15) is 0 Å². The Morgan fingerprint density at radius 3 is 2.43 bits per heavy atom. The molecular formula is C10H20O4. The number of rotatable bonds is 10. The molecule has 0 aliphatic rings. The fraction of sp³-hybridized carbons (Fsp3) is 0.800. The molecule has 0 aromatic carbocycles. The van der Waals surface area contributed by atoms with E-state index in [1.165, 1.54) is 0 Å². The molecule has 0 aliphatic heterocycles. The average Bonchev–Trinajstić information content (AvgIpc) is 2.21. The lowest BCUT2D eigenvalue weighted by molar-refractivity contribution is 0.0344. The van der Waals surface area contributed by atoms with Crippen molar-refractivity contribution < 1.29 is 19.3 Å². The fourth-order valence-electron chi connectivity index (χ4n) is 0.770. The van der Waals surface area contributed by atoms with Crippen LogP contribution in [0.25, 0.3) is 0 Å². The van der Waals surface area contributed by atoms with Gasteiger partial charge in [-0.2, -0.15) is 0 Å². The average molecular weight is 204 g/mol. The van der Waals surface area contributed by atoms with Crippen molar-refractivity contribution >= 4 is 0 Å². The minimum absolute atomic E-state index is 0.0666. The Hall–Kier alpha value is -0.580. The van der Waals surface area contributed by atoms with Crippen LogP contribution in [0.15, 0.2) is 12.3 Å². The van der Waals surface area contributed by atoms with Gasteiger partial charge in [-0.15, -0.1) is 0 Å². The molecule has 0 unspecified atom stereocenters. The Kier molecular flexibility index (Phi) is 11.9. The van der Waals surface area contributed by atoms with Gasteiger partial charge < -0.3 is 19.3 Å². The number of aliphatic hydroxyl groups excluding tert-OH is 1. The van der Waals surface area contributed by atoms with Crippen molar-refractivity contribution in [2.45, 2.75) is 13.3 Å². The summed E-state index contributed by atoms with van der Waals surface area (Å²) < 4.78 is 15.3. The molecule has 14 heavy (non-hydrogen) atoms. The predicted octanol–water partition coefficient (Wildman–Crippen LogP) is 0.952. The highest BCUT2D eigenvalue weighted by atomic mass is 16.5. The Balaban J connectivity index is 2.91. The van der Waals surface area contributed by atoms with Crippen LogP contribution in [0, 0.1) is 0 Å². The molecule has 0 saturated heterocycles. The smallest absolute Gasteiger partial charge is 0.0845 e. The largest absolute Gasteiger partial charge is 0.502 e. The van der Waals surface area contributed by atoms with Gasteiger partial charge in [0.05, 0.1) is 45.9 Å². The number of hydrogen-bond acceptors (Lipinski definition) is 4. The molecule has 0 spiro atoms. The Bertz CT molecular complexity index is 125. The van der Waals surface area contributed by atoms with Gasteiger partial charge in [-0.1, -0.05) is 0 Å². The van der Waals surface area contributed by atoms with Crippen LogP contribution in [-0.2, 0) is 14.2 Å². The molecule has 0 radical (unpaired) electrons. The highest BCUT2D eigenvalue weighted by Gasteiger charge is 1.87. The van der Waals surface area contributed by atoms with E-state index in [0.29, 0.717) is 33.0 Å². The van der Waals surface area contributed by atoms with Crippen LogP contribution < -0.4 is 0 Å². The maximum absolute atomic E-state index is 8.40. The Morgan fingerprint density at radius 1 is 1.07 bits per heavy atom. The number of aliphatic hydroxyl groups is 1. The van der Waals surface area contributed by atoms with E-state index in [0.717, 1.165) is 6.42 Å². The second-order valence-electron chi connectivity index (χ2n) is 2.56. The van der Waals surface area contributed by atoms with Gasteiger partial charge in [-0.3, -0.25) is 0 Å². The quantitative estimate of drug-likeness (QED) is 0.425. The van der Waals surface area contributed by atoms with E-state index in [9.17, 15) is 0 Å². The standard InChI is InChI=1S/C10H20O4/c1-2-12-6-3-4-7-13-9-10-14-8-5-11/h3,6,11H,2,4-5,7-10H2,1H3. The third-order valence-electron chi connectivity index (χ3n) is 1.40. The first-order valence-corrected chi connectivity index (χ1v) is 4.94. The predicted molar refractivity (Wildman–Crippen MR) is 54.1 cm³/mol. The van der Waals surface area contributed by atoms with Gasteiger partial charge in [0, 0.05) is 0 Å². The minimum Gasteiger partial charge on any atom is -0.502 e. The van der Waals surface area contributed by atoms with Crippen molar-refractivity contribution in [2.24, 2.45) is 0 Å². The lowest BCUT2D eigenvalue weighted by Gasteiger charge is -2.02. The topological polar surface area (TPSA) is 47.9 Å². The van der Waals surface area contributed by atoms with E-state index in [2.05, 4.69) is 0 Å². The van der Waals surface area contributed by atoms with Gasteiger partial charge in [0.25, 0.3) is 0 Å². The molecular weight excluding hydrogens is 184 g/mol. The van der Waals surface area contributed by atoms with Gasteiger partial charge in [-0.25, -0.2) is 0 Å². The van der Waals surface area contributed by atoms with E-state index in [1.54, 1.807) is 6.26 Å². The monoisotopic (exact) mass is 204 g/mol. The molecule has 0 bridgehead atoms. The van der Waals surface area contributed by atoms with Crippen LogP contribution in [-0.4, -0.2) is 44.7 Å². The molecule has 84 valence electrons. The second kappa shape index (κ2) is 12.4. The summed E-state index contributed by atoms with van der Waals surface area (Å²) in [6.45, 7) is 4.88. The van der Waals surface area contributed by atoms with Crippen molar-refractivity contribution in [2.75, 3.05) is 39.6 Å². The zero-order valence-electron chi connectivity index (χ0n) is 8.78. The summed E-state index contributed by atoms with van der Waals surface area (Å²) in [5, 5.41) is 8.40. The maximum atomic E-state index is 8.40. The van der Waals surface area contributed by atoms with Crippen molar-refractivity contribution in [1.29, 1.82) is 0 Å². The lowest BCUT2D eigenvalue weighted by atomic mass is 10.4. The molecule has 0 saturated carbocycles. The summed E-state index contributed by atoms with van der Waals surface area (Å²) in [7, 11) is 0. The molecule has 4 heteroatoms. The van der Waals surface area contributed by atoms with Crippen LogP contribution in [0.1, 0.15) is 13.3 Å². The van der Waals surface area contributed by atoms with E-state index in [-0.39, 0.29) is 6.61 Å². The SMILES string of the molecule is CCOC=CCCOCCOCCO. The summed E-state index contributed by atoms with van der Waals surface area (Å²) in [5.74, 6) is 0. The third-order valence-corrected chi connectivity index (χ3v) is 1.40. The molecule has 0 heterocycles. The summed E-state index contributed by atoms with van der Waals surface area (Å²) in [4.78, 5) is 0. The van der Waals surface area contributed by atoms with Crippen molar-refractivity contribution in [3.05, 3.63) is 12.3 Å². The van der Waals surface area contributed by atoms with Gasteiger partial charge >= 0.3 is 0 Å². The molecule has 0 amide bonds. The molecule has 1 N–H and O–H groups in total. The first-order valence-electron chi connectivity index (χ1n) is 4.94. The summed E-state index contributed by atoms with van der Waals surface area (Å²) in [6, 6.07) is 0. The lowest BCUT2D eigenvalue weighted by Crippen LogP contribution is -2.07. The summed E-state index contributed by atoms with van der Waals surface area (Å²) >= 11 is 0. The minimum atomic E-state index is 0.0666. The Morgan fingerprint density at radius 2 is 1.79 bits per heavy atom. The van der Waals surface area contributed by atoms with Gasteiger partial charge in [0.15, 0.2) is 0 Å². The molecule has 0 aromatic heterocycles. The highest BCUT2D eigenvalue weighted by Crippen LogP contribution is 1.87. The third kappa shape index (κ3) is 11.4. The zero-order chi connectivity index (χ0) is 10.5. The second-order valence-corrected chi connectivity index (χ2v) is 2.56. The van der Waals surface area contributed by atoms with E-state index in [4.69, 9.17) is 19.3 Å². The molecule has 0 aliphatic carbocycles. The van der Waals surface area contributed by atoms with Crippen molar-refractivity contribution in [1.82, 2.24) is 0 Å². The zero-order valence-corrected chi connectivity index (χ0v) is 8.78. The van der Waals surface area contributed by atoms with Crippen LogP contribution in [0.4, 0.5) is 0 Å². The first kappa shape index (κ1) is 13.4. The van der Waals surface area contributed by atoms with Gasteiger partial charge in [0.2, 0.25) is 0 Å². The first-order chi connectivity index (χ1) is 6.91. The van der Waals surface area contributed by atoms with E-state index in [1.807, 2.05) is 13.0 Å². The van der Waals surface area contributed by atoms with Crippen LogP contribution in [0.5, 0.6) is 0 Å². The van der Waals surface area contributed by atoms with Crippen LogP contribution in [0.3, 0.4) is 0 Å². The number of hydrogen-bond donors (Lipinski definition) is 1. The maximum Gasteiger partial charge on any atom is 0.0845 e. The molecule has 0 fully saturated rings. The highest BCUT2D eigenvalue weighted by molar-refractivity contribution is 4.72.